The van der Waals surface area contributed by atoms with Crippen molar-refractivity contribution in [1.29, 1.82) is 5.26 Å². The maximum absolute atomic E-state index is 9.04. The summed E-state index contributed by atoms with van der Waals surface area (Å²) < 4.78 is 5.29. The molecule has 3 nitrogen and oxygen atoms in total. The van der Waals surface area contributed by atoms with Crippen molar-refractivity contribution in [3.63, 3.8) is 0 Å². The van der Waals surface area contributed by atoms with Gasteiger partial charge in [-0.25, -0.2) is 4.99 Å². The first-order valence-corrected chi connectivity index (χ1v) is 6.25. The molecule has 0 aliphatic carbocycles. The van der Waals surface area contributed by atoms with Crippen LogP contribution in [0.25, 0.3) is 0 Å². The molecule has 4 heteroatoms. The van der Waals surface area contributed by atoms with E-state index in [9.17, 15) is 0 Å². The third-order valence-electron chi connectivity index (χ3n) is 2.37. The van der Waals surface area contributed by atoms with Gasteiger partial charge in [-0.15, -0.1) is 11.3 Å². The van der Waals surface area contributed by atoms with Crippen LogP contribution in [0.5, 0.6) is 0 Å². The largest absolute Gasteiger partial charge is 0.481 e. The average Bonchev–Trinajstić information content (AvgIpc) is 2.77. The Morgan fingerprint density at radius 2 is 2.06 bits per heavy atom. The maximum Gasteiger partial charge on any atom is 0.221 e. The van der Waals surface area contributed by atoms with Crippen molar-refractivity contribution in [2.75, 3.05) is 7.11 Å². The topological polar surface area (TPSA) is 45.4 Å². The Kier molecular flexibility index (Phi) is 3.75. The van der Waals surface area contributed by atoms with Gasteiger partial charge in [0, 0.05) is 10.4 Å². The van der Waals surface area contributed by atoms with Crippen molar-refractivity contribution in [1.82, 2.24) is 0 Å². The molecule has 0 aliphatic heterocycles. The van der Waals surface area contributed by atoms with Crippen molar-refractivity contribution in [2.24, 2.45) is 4.99 Å². The number of hydrogen-bond donors (Lipinski definition) is 0. The second kappa shape index (κ2) is 5.48. The highest BCUT2D eigenvalue weighted by Crippen LogP contribution is 2.29. The molecular weight excluding hydrogens is 244 g/mol. The first-order chi connectivity index (χ1) is 8.74. The lowest BCUT2D eigenvalue weighted by molar-refractivity contribution is 0.405. The predicted octanol–water partition coefficient (Wildman–Crippen LogP) is 3.65. The maximum atomic E-state index is 9.04. The quantitative estimate of drug-likeness (QED) is 0.608. The van der Waals surface area contributed by atoms with Gasteiger partial charge in [0.25, 0.3) is 0 Å². The molecule has 0 N–H and O–H groups in total. The second-order valence-corrected chi connectivity index (χ2v) is 4.93. The van der Waals surface area contributed by atoms with Crippen LogP contribution < -0.4 is 0 Å². The molecule has 0 atom stereocenters. The molecule has 0 amide bonds. The highest BCUT2D eigenvalue weighted by atomic mass is 32.1. The first kappa shape index (κ1) is 12.3. The summed E-state index contributed by atoms with van der Waals surface area (Å²) in [7, 11) is 1.58. The summed E-state index contributed by atoms with van der Waals surface area (Å²) in [5.41, 5.74) is 1.56. The van der Waals surface area contributed by atoms with E-state index in [2.05, 4.69) is 11.1 Å². The van der Waals surface area contributed by atoms with Gasteiger partial charge < -0.3 is 4.74 Å². The number of aryl methyl sites for hydroxylation is 1. The molecule has 90 valence electrons. The highest BCUT2D eigenvalue weighted by molar-refractivity contribution is 7.13. The second-order valence-electron chi connectivity index (χ2n) is 3.67. The van der Waals surface area contributed by atoms with Crippen LogP contribution in [0.4, 0.5) is 5.69 Å². The standard InChI is InChI=1S/C14H12N2OS/c1-10-8-12(13(9-15)18-10)16-14(17-2)11-6-4-3-5-7-11/h3-8H,1-2H3. The molecule has 18 heavy (non-hydrogen) atoms. The molecule has 0 saturated heterocycles. The van der Waals surface area contributed by atoms with Crippen molar-refractivity contribution >= 4 is 22.9 Å². The molecule has 0 bridgehead atoms. The summed E-state index contributed by atoms with van der Waals surface area (Å²) in [5.74, 6) is 0.518. The van der Waals surface area contributed by atoms with E-state index < -0.39 is 0 Å². The highest BCUT2D eigenvalue weighted by Gasteiger charge is 2.08. The van der Waals surface area contributed by atoms with E-state index >= 15 is 0 Å². The Morgan fingerprint density at radius 1 is 1.33 bits per heavy atom. The number of aliphatic imine (C=N–C) groups is 1. The molecule has 0 radical (unpaired) electrons. The molecule has 1 aromatic heterocycles. The van der Waals surface area contributed by atoms with E-state index in [1.54, 1.807) is 7.11 Å². The number of nitriles is 1. The average molecular weight is 256 g/mol. The van der Waals surface area contributed by atoms with E-state index in [4.69, 9.17) is 10.00 Å². The summed E-state index contributed by atoms with van der Waals surface area (Å²) in [6.45, 7) is 1.96. The van der Waals surface area contributed by atoms with Crippen LogP contribution in [0, 0.1) is 18.3 Å². The van der Waals surface area contributed by atoms with Gasteiger partial charge in [-0.2, -0.15) is 5.26 Å². The van der Waals surface area contributed by atoms with Crippen LogP contribution in [0.15, 0.2) is 41.4 Å². The smallest absolute Gasteiger partial charge is 0.221 e. The van der Waals surface area contributed by atoms with Gasteiger partial charge >= 0.3 is 0 Å². The number of nitrogens with zero attached hydrogens (tertiary/aromatic N) is 2. The van der Waals surface area contributed by atoms with Crippen LogP contribution in [0.1, 0.15) is 15.3 Å². The molecule has 2 aromatic rings. The lowest BCUT2D eigenvalue weighted by Crippen LogP contribution is -2.02. The summed E-state index contributed by atoms with van der Waals surface area (Å²) in [6, 6.07) is 13.7. The van der Waals surface area contributed by atoms with E-state index in [1.165, 1.54) is 11.3 Å². The minimum Gasteiger partial charge on any atom is -0.481 e. The SMILES string of the molecule is COC(=Nc1cc(C)sc1C#N)c1ccccc1. The van der Waals surface area contributed by atoms with Crippen molar-refractivity contribution in [2.45, 2.75) is 6.92 Å². The molecule has 0 aliphatic rings. The summed E-state index contributed by atoms with van der Waals surface area (Å²) in [4.78, 5) is 6.09. The van der Waals surface area contributed by atoms with Crippen molar-refractivity contribution in [3.8, 4) is 6.07 Å². The van der Waals surface area contributed by atoms with Crippen LogP contribution in [-0.4, -0.2) is 13.0 Å². The van der Waals surface area contributed by atoms with Gasteiger partial charge in [0.05, 0.1) is 12.8 Å². The normalized spacial score (nSPS) is 11.1. The fourth-order valence-electron chi connectivity index (χ4n) is 1.58. The number of rotatable bonds is 2. The van der Waals surface area contributed by atoms with Gasteiger partial charge in [0.1, 0.15) is 10.9 Å². The zero-order chi connectivity index (χ0) is 13.0. The summed E-state index contributed by atoms with van der Waals surface area (Å²) in [6.07, 6.45) is 0. The lowest BCUT2D eigenvalue weighted by Gasteiger charge is -2.04. The first-order valence-electron chi connectivity index (χ1n) is 5.43. The van der Waals surface area contributed by atoms with Crippen LogP contribution in [-0.2, 0) is 4.74 Å². The van der Waals surface area contributed by atoms with Crippen LogP contribution in [0.2, 0.25) is 0 Å². The molecular formula is C14H12N2OS. The predicted molar refractivity (Wildman–Crippen MR) is 73.4 cm³/mol. The number of benzene rings is 1. The molecule has 0 saturated carbocycles. The Morgan fingerprint density at radius 3 is 2.67 bits per heavy atom. The fraction of sp³-hybridized carbons (Fsp3) is 0.143. The van der Waals surface area contributed by atoms with E-state index in [1.807, 2.05) is 43.3 Å². The minimum atomic E-state index is 0.518. The Labute approximate surface area is 110 Å². The fourth-order valence-corrected chi connectivity index (χ4v) is 2.33. The van der Waals surface area contributed by atoms with Crippen molar-refractivity contribution < 1.29 is 4.74 Å². The number of methoxy groups -OCH3 is 1. The third-order valence-corrected chi connectivity index (χ3v) is 3.32. The van der Waals surface area contributed by atoms with Crippen LogP contribution >= 0.6 is 11.3 Å². The van der Waals surface area contributed by atoms with Gasteiger partial charge in [0.15, 0.2) is 0 Å². The summed E-state index contributed by atoms with van der Waals surface area (Å²) >= 11 is 1.44. The van der Waals surface area contributed by atoms with E-state index in [-0.39, 0.29) is 0 Å². The Hall–Kier alpha value is -2.12. The summed E-state index contributed by atoms with van der Waals surface area (Å²) in [5, 5.41) is 9.04. The van der Waals surface area contributed by atoms with Gasteiger partial charge in [-0.3, -0.25) is 0 Å². The minimum absolute atomic E-state index is 0.518. The number of ether oxygens (including phenoxy) is 1. The number of thiophene rings is 1. The van der Waals surface area contributed by atoms with E-state index in [0.717, 1.165) is 10.4 Å². The zero-order valence-corrected chi connectivity index (χ0v) is 11.0. The third kappa shape index (κ3) is 2.58. The van der Waals surface area contributed by atoms with Gasteiger partial charge in [0.2, 0.25) is 5.90 Å². The Bertz CT molecular complexity index is 608. The molecule has 0 fully saturated rings. The van der Waals surface area contributed by atoms with Gasteiger partial charge in [-0.1, -0.05) is 18.2 Å². The zero-order valence-electron chi connectivity index (χ0n) is 10.2. The van der Waals surface area contributed by atoms with Crippen molar-refractivity contribution in [3.05, 3.63) is 51.7 Å². The number of hydrogen-bond acceptors (Lipinski definition) is 4. The lowest BCUT2D eigenvalue weighted by atomic mass is 10.2. The molecule has 1 heterocycles. The van der Waals surface area contributed by atoms with Gasteiger partial charge in [-0.05, 0) is 25.1 Å². The molecule has 2 rings (SSSR count). The van der Waals surface area contributed by atoms with E-state index in [0.29, 0.717) is 16.5 Å². The Balaban J connectivity index is 2.45. The molecule has 0 unspecified atom stereocenters. The molecule has 0 spiro atoms. The monoisotopic (exact) mass is 256 g/mol. The molecule has 1 aromatic carbocycles. The van der Waals surface area contributed by atoms with Crippen LogP contribution in [0.3, 0.4) is 0 Å².